The Morgan fingerprint density at radius 2 is 2.12 bits per heavy atom. The molecule has 1 aromatic carbocycles. The zero-order valence-electron chi connectivity index (χ0n) is 9.20. The molecule has 0 saturated carbocycles. The number of anilines is 1. The first-order valence-electron chi connectivity index (χ1n) is 5.24. The molecule has 0 saturated heterocycles. The first-order chi connectivity index (χ1) is 8.34. The fourth-order valence-corrected chi connectivity index (χ4v) is 2.54. The molecule has 2 aromatic rings. The van der Waals surface area contributed by atoms with Crippen LogP contribution in [0.1, 0.15) is 6.42 Å². The van der Waals surface area contributed by atoms with Crippen molar-refractivity contribution in [2.75, 3.05) is 18.1 Å². The molecule has 0 aliphatic heterocycles. The number of hydrogen-bond donors (Lipinski definition) is 1. The average molecular weight is 267 g/mol. The van der Waals surface area contributed by atoms with Gasteiger partial charge in [0.15, 0.2) is 0 Å². The summed E-state index contributed by atoms with van der Waals surface area (Å²) >= 11 is 2.83. The van der Waals surface area contributed by atoms with E-state index in [2.05, 4.69) is 9.36 Å². The Kier molecular flexibility index (Phi) is 4.63. The highest BCUT2D eigenvalue weighted by Gasteiger charge is 2.01. The standard InChI is InChI=1S/C11H13N3OS2/c12-10-13-11(14-17-10)16-8-4-7-15-9-5-2-1-3-6-9/h1-3,5-6H,4,7-8H2,(H2,12,13,14). The van der Waals surface area contributed by atoms with Gasteiger partial charge in [-0.3, -0.25) is 0 Å². The summed E-state index contributed by atoms with van der Waals surface area (Å²) in [6.07, 6.45) is 0.957. The molecule has 0 unspecified atom stereocenters. The monoisotopic (exact) mass is 267 g/mol. The second-order valence-corrected chi connectivity index (χ2v) is 5.12. The minimum absolute atomic E-state index is 0.521. The number of hydrogen-bond acceptors (Lipinski definition) is 6. The molecule has 4 nitrogen and oxygen atoms in total. The highest BCUT2D eigenvalue weighted by molar-refractivity contribution is 7.99. The second kappa shape index (κ2) is 6.46. The number of nitrogens with two attached hydrogens (primary N) is 1. The average Bonchev–Trinajstić information content (AvgIpc) is 2.76. The summed E-state index contributed by atoms with van der Waals surface area (Å²) in [5.41, 5.74) is 5.49. The predicted molar refractivity (Wildman–Crippen MR) is 71.6 cm³/mol. The Hall–Kier alpha value is -1.27. The summed E-state index contributed by atoms with van der Waals surface area (Å²) in [7, 11) is 0. The first-order valence-corrected chi connectivity index (χ1v) is 7.00. The number of nitrogens with zero attached hydrogens (tertiary/aromatic N) is 2. The van der Waals surface area contributed by atoms with Crippen LogP contribution in [0.3, 0.4) is 0 Å². The number of aromatic nitrogens is 2. The summed E-state index contributed by atoms with van der Waals surface area (Å²) < 4.78 is 9.67. The minimum atomic E-state index is 0.521. The number of rotatable bonds is 6. The highest BCUT2D eigenvalue weighted by atomic mass is 32.2. The molecule has 6 heteroatoms. The van der Waals surface area contributed by atoms with E-state index in [1.165, 1.54) is 11.5 Å². The van der Waals surface area contributed by atoms with Gasteiger partial charge in [-0.25, -0.2) is 0 Å². The van der Waals surface area contributed by atoms with E-state index in [0.29, 0.717) is 11.7 Å². The summed E-state index contributed by atoms with van der Waals surface area (Å²) in [4.78, 5) is 4.07. The van der Waals surface area contributed by atoms with Gasteiger partial charge in [0.2, 0.25) is 10.3 Å². The molecule has 2 N–H and O–H groups in total. The summed E-state index contributed by atoms with van der Waals surface area (Å²) in [5.74, 6) is 1.84. The van der Waals surface area contributed by atoms with Crippen LogP contribution in [-0.2, 0) is 0 Å². The van der Waals surface area contributed by atoms with E-state index in [0.717, 1.165) is 23.1 Å². The molecular formula is C11H13N3OS2. The van der Waals surface area contributed by atoms with E-state index in [1.807, 2.05) is 30.3 Å². The molecule has 1 aromatic heterocycles. The Bertz CT molecular complexity index is 447. The number of thioether (sulfide) groups is 1. The van der Waals surface area contributed by atoms with Gasteiger partial charge in [0.25, 0.3) is 0 Å². The summed E-state index contributed by atoms with van der Waals surface area (Å²) in [6, 6.07) is 9.81. The quantitative estimate of drug-likeness (QED) is 0.644. The molecule has 17 heavy (non-hydrogen) atoms. The van der Waals surface area contributed by atoms with Gasteiger partial charge in [0.05, 0.1) is 6.61 Å². The van der Waals surface area contributed by atoms with Crippen LogP contribution in [0.5, 0.6) is 5.75 Å². The topological polar surface area (TPSA) is 61.0 Å². The van der Waals surface area contributed by atoms with Crippen LogP contribution in [0.4, 0.5) is 5.13 Å². The van der Waals surface area contributed by atoms with Gasteiger partial charge in [-0.2, -0.15) is 9.36 Å². The third kappa shape index (κ3) is 4.24. The molecule has 0 spiro atoms. The lowest BCUT2D eigenvalue weighted by Gasteiger charge is -2.04. The van der Waals surface area contributed by atoms with Crippen molar-refractivity contribution in [1.29, 1.82) is 0 Å². The van der Waals surface area contributed by atoms with Gasteiger partial charge < -0.3 is 10.5 Å². The molecule has 0 aliphatic rings. The Morgan fingerprint density at radius 1 is 1.29 bits per heavy atom. The molecule has 1 heterocycles. The first kappa shape index (κ1) is 12.2. The Balaban J connectivity index is 1.61. The van der Waals surface area contributed by atoms with Crippen molar-refractivity contribution >= 4 is 28.4 Å². The molecular weight excluding hydrogens is 254 g/mol. The Morgan fingerprint density at radius 3 is 2.82 bits per heavy atom. The smallest absolute Gasteiger partial charge is 0.201 e. The van der Waals surface area contributed by atoms with Crippen LogP contribution in [0.2, 0.25) is 0 Å². The van der Waals surface area contributed by atoms with Crippen LogP contribution in [0, 0.1) is 0 Å². The fourth-order valence-electron chi connectivity index (χ4n) is 1.21. The van der Waals surface area contributed by atoms with Gasteiger partial charge >= 0.3 is 0 Å². The second-order valence-electron chi connectivity index (χ2n) is 3.28. The number of benzene rings is 1. The van der Waals surface area contributed by atoms with Crippen molar-refractivity contribution in [3.05, 3.63) is 30.3 Å². The number of nitrogen functional groups attached to an aromatic ring is 1. The van der Waals surface area contributed by atoms with Gasteiger partial charge in [0, 0.05) is 17.3 Å². The van der Waals surface area contributed by atoms with Crippen LogP contribution >= 0.6 is 23.3 Å². The van der Waals surface area contributed by atoms with Crippen molar-refractivity contribution in [1.82, 2.24) is 9.36 Å². The van der Waals surface area contributed by atoms with Crippen LogP contribution in [-0.4, -0.2) is 21.7 Å². The summed E-state index contributed by atoms with van der Waals surface area (Å²) in [6.45, 7) is 0.705. The molecule has 0 radical (unpaired) electrons. The van der Waals surface area contributed by atoms with E-state index in [4.69, 9.17) is 10.5 Å². The Labute approximate surface area is 108 Å². The maximum absolute atomic E-state index is 5.57. The van der Waals surface area contributed by atoms with E-state index in [1.54, 1.807) is 11.8 Å². The maximum Gasteiger partial charge on any atom is 0.201 e. The van der Waals surface area contributed by atoms with Gasteiger partial charge in [-0.1, -0.05) is 30.0 Å². The van der Waals surface area contributed by atoms with Crippen molar-refractivity contribution in [3.8, 4) is 5.75 Å². The predicted octanol–water partition coefficient (Wildman–Crippen LogP) is 2.68. The zero-order valence-corrected chi connectivity index (χ0v) is 10.8. The van der Waals surface area contributed by atoms with Crippen molar-refractivity contribution < 1.29 is 4.74 Å². The van der Waals surface area contributed by atoms with E-state index < -0.39 is 0 Å². The molecule has 0 atom stereocenters. The lowest BCUT2D eigenvalue weighted by Crippen LogP contribution is -1.98. The van der Waals surface area contributed by atoms with E-state index in [-0.39, 0.29) is 0 Å². The van der Waals surface area contributed by atoms with Gasteiger partial charge in [-0.15, -0.1) is 0 Å². The molecule has 0 aliphatic carbocycles. The van der Waals surface area contributed by atoms with E-state index in [9.17, 15) is 0 Å². The number of ether oxygens (including phenoxy) is 1. The van der Waals surface area contributed by atoms with Crippen molar-refractivity contribution in [3.63, 3.8) is 0 Å². The fraction of sp³-hybridized carbons (Fsp3) is 0.273. The van der Waals surface area contributed by atoms with Gasteiger partial charge in [0.1, 0.15) is 5.75 Å². The van der Waals surface area contributed by atoms with Crippen LogP contribution < -0.4 is 10.5 Å². The molecule has 0 bridgehead atoms. The zero-order chi connectivity index (χ0) is 11.9. The molecule has 2 rings (SSSR count). The normalized spacial score (nSPS) is 10.4. The maximum atomic E-state index is 5.57. The highest BCUT2D eigenvalue weighted by Crippen LogP contribution is 2.18. The largest absolute Gasteiger partial charge is 0.494 e. The third-order valence-electron chi connectivity index (χ3n) is 1.95. The molecule has 90 valence electrons. The van der Waals surface area contributed by atoms with Crippen LogP contribution in [0.15, 0.2) is 35.5 Å². The molecule has 0 fully saturated rings. The SMILES string of the molecule is Nc1nc(SCCCOc2ccccc2)ns1. The van der Waals surface area contributed by atoms with Crippen LogP contribution in [0.25, 0.3) is 0 Å². The van der Waals surface area contributed by atoms with Crippen molar-refractivity contribution in [2.45, 2.75) is 11.6 Å². The lowest BCUT2D eigenvalue weighted by atomic mass is 10.3. The molecule has 0 amide bonds. The third-order valence-corrected chi connectivity index (χ3v) is 3.55. The number of para-hydroxylation sites is 1. The van der Waals surface area contributed by atoms with Gasteiger partial charge in [-0.05, 0) is 18.6 Å². The lowest BCUT2D eigenvalue weighted by molar-refractivity contribution is 0.318. The minimum Gasteiger partial charge on any atom is -0.494 e. The van der Waals surface area contributed by atoms with E-state index >= 15 is 0 Å². The van der Waals surface area contributed by atoms with Crippen molar-refractivity contribution in [2.24, 2.45) is 0 Å². The summed E-state index contributed by atoms with van der Waals surface area (Å²) in [5, 5.41) is 1.28.